The minimum absolute atomic E-state index is 0.0316. The Bertz CT molecular complexity index is 1330. The molecule has 0 aliphatic rings. The number of methoxy groups -OCH3 is 1. The molecule has 3 aromatic rings. The van der Waals surface area contributed by atoms with Gasteiger partial charge in [0.25, 0.3) is 5.78 Å². The molecule has 3 rings (SSSR count). The smallest absolute Gasteiger partial charge is 0.452 e. The van der Waals surface area contributed by atoms with Crippen molar-refractivity contribution in [2.75, 3.05) is 13.7 Å². The van der Waals surface area contributed by atoms with Crippen molar-refractivity contribution < 1.29 is 37.0 Å². The van der Waals surface area contributed by atoms with Crippen LogP contribution in [0.25, 0.3) is 0 Å². The van der Waals surface area contributed by atoms with Crippen molar-refractivity contribution >= 4 is 29.2 Å². The summed E-state index contributed by atoms with van der Waals surface area (Å²) in [4.78, 5) is 39.1. The van der Waals surface area contributed by atoms with Gasteiger partial charge in [0, 0.05) is 11.4 Å². The molecule has 0 radical (unpaired) electrons. The van der Waals surface area contributed by atoms with E-state index >= 15 is 0 Å². The number of carbonyl (C=O) groups is 3. The van der Waals surface area contributed by atoms with Gasteiger partial charge in [-0.1, -0.05) is 67.9 Å². The van der Waals surface area contributed by atoms with Gasteiger partial charge in [0.15, 0.2) is 0 Å². The molecule has 42 heavy (non-hydrogen) atoms. The predicted octanol–water partition coefficient (Wildman–Crippen LogP) is 5.51. The van der Waals surface area contributed by atoms with E-state index in [0.29, 0.717) is 27.6 Å². The average Bonchev–Trinajstić information content (AvgIpc) is 2.96. The average molecular weight is 605 g/mol. The predicted molar refractivity (Wildman–Crippen MR) is 153 cm³/mol. The molecule has 2 N–H and O–H groups in total. The number of ether oxygens (including phenoxy) is 2. The molecule has 0 aromatic heterocycles. The summed E-state index contributed by atoms with van der Waals surface area (Å²) in [7, 11) is 1.53. The maximum Gasteiger partial charge on any atom is 0.452 e. The fourth-order valence-corrected chi connectivity index (χ4v) is 4.29. The van der Waals surface area contributed by atoms with Crippen LogP contribution in [0, 0.1) is 5.92 Å². The van der Waals surface area contributed by atoms with E-state index in [4.69, 9.17) is 21.1 Å². The van der Waals surface area contributed by atoms with Gasteiger partial charge in [-0.25, -0.2) is 0 Å². The van der Waals surface area contributed by atoms with Crippen molar-refractivity contribution in [2.24, 2.45) is 5.92 Å². The topological polar surface area (TPSA) is 93.7 Å². The third kappa shape index (κ3) is 9.24. The van der Waals surface area contributed by atoms with E-state index in [1.54, 1.807) is 78.9 Å². The number of hydrogen-bond donors (Lipinski definition) is 2. The van der Waals surface area contributed by atoms with E-state index in [9.17, 15) is 27.6 Å². The van der Waals surface area contributed by atoms with E-state index in [-0.39, 0.29) is 13.0 Å². The normalized spacial score (nSPS) is 13.5. The summed E-state index contributed by atoms with van der Waals surface area (Å²) in [6, 6.07) is 18.8. The van der Waals surface area contributed by atoms with E-state index < -0.39 is 47.7 Å². The lowest BCUT2D eigenvalue weighted by molar-refractivity contribution is -0.175. The number of hydrogen-bond acceptors (Lipinski definition) is 5. The number of halogens is 4. The van der Waals surface area contributed by atoms with Crippen LogP contribution in [0.15, 0.2) is 78.9 Å². The molecule has 11 heteroatoms. The molecule has 0 fully saturated rings. The third-order valence-electron chi connectivity index (χ3n) is 6.51. The molecule has 0 saturated heterocycles. The molecular weight excluding hydrogens is 573 g/mol. The summed E-state index contributed by atoms with van der Waals surface area (Å²) in [5, 5.41) is 5.35. The molecule has 0 bridgehead atoms. The highest BCUT2D eigenvalue weighted by molar-refractivity contribution is 6.30. The molecule has 0 heterocycles. The summed E-state index contributed by atoms with van der Waals surface area (Å²) in [5.74, 6) is -4.29. The number of Topliss-reactive ketones (excluding diaryl/α,β-unsaturated/α-hetero) is 1. The number of benzene rings is 3. The second kappa shape index (κ2) is 14.7. The number of ketones is 1. The molecule has 3 atom stereocenters. The van der Waals surface area contributed by atoms with E-state index in [1.165, 1.54) is 21.0 Å². The zero-order valence-corrected chi connectivity index (χ0v) is 24.0. The highest BCUT2D eigenvalue weighted by atomic mass is 35.5. The lowest BCUT2D eigenvalue weighted by Gasteiger charge is -2.27. The number of alkyl halides is 3. The van der Waals surface area contributed by atoms with Crippen LogP contribution in [-0.2, 0) is 20.8 Å². The molecule has 7 nitrogen and oxygen atoms in total. The monoisotopic (exact) mass is 604 g/mol. The molecule has 0 aliphatic carbocycles. The molecule has 2 amide bonds. The van der Waals surface area contributed by atoms with Crippen LogP contribution < -0.4 is 20.1 Å². The minimum Gasteiger partial charge on any atom is -0.497 e. The van der Waals surface area contributed by atoms with Gasteiger partial charge in [0.1, 0.15) is 24.1 Å². The number of amides is 2. The zero-order valence-electron chi connectivity index (χ0n) is 23.3. The lowest BCUT2D eigenvalue weighted by atomic mass is 9.96. The summed E-state index contributed by atoms with van der Waals surface area (Å²) in [5.41, 5.74) is 1.19. The first-order chi connectivity index (χ1) is 19.9. The summed E-state index contributed by atoms with van der Waals surface area (Å²) >= 11 is 6.04. The molecule has 0 unspecified atom stereocenters. The van der Waals surface area contributed by atoms with Crippen molar-refractivity contribution in [3.05, 3.63) is 95.0 Å². The number of rotatable bonds is 13. The Hall–Kier alpha value is -4.05. The van der Waals surface area contributed by atoms with Crippen molar-refractivity contribution in [2.45, 2.75) is 44.4 Å². The summed E-state index contributed by atoms with van der Waals surface area (Å²) < 4.78 is 50.8. The molecule has 0 aliphatic heterocycles. The molecule has 3 aromatic carbocycles. The van der Waals surface area contributed by atoms with Gasteiger partial charge in [-0.3, -0.25) is 14.4 Å². The first kappa shape index (κ1) is 32.5. The van der Waals surface area contributed by atoms with Gasteiger partial charge in [-0.05, 0) is 53.4 Å². The molecular formula is C31H32ClF3N2O5. The molecule has 0 spiro atoms. The van der Waals surface area contributed by atoms with E-state index in [0.717, 1.165) is 0 Å². The maximum absolute atomic E-state index is 13.7. The zero-order chi connectivity index (χ0) is 30.9. The van der Waals surface area contributed by atoms with Crippen LogP contribution in [0.4, 0.5) is 13.2 Å². The Labute approximate surface area is 247 Å². The largest absolute Gasteiger partial charge is 0.497 e. The van der Waals surface area contributed by atoms with Crippen molar-refractivity contribution in [1.29, 1.82) is 0 Å². The van der Waals surface area contributed by atoms with Gasteiger partial charge in [0.05, 0.1) is 19.1 Å². The highest BCUT2D eigenvalue weighted by Crippen LogP contribution is 2.24. The van der Waals surface area contributed by atoms with E-state index in [1.807, 2.05) is 0 Å². The van der Waals surface area contributed by atoms with Gasteiger partial charge >= 0.3 is 6.18 Å². The first-order valence-electron chi connectivity index (χ1n) is 13.2. The Morgan fingerprint density at radius 2 is 1.43 bits per heavy atom. The van der Waals surface area contributed by atoms with Crippen LogP contribution in [-0.4, -0.2) is 49.6 Å². The van der Waals surface area contributed by atoms with Crippen LogP contribution in [0.2, 0.25) is 5.02 Å². The Morgan fingerprint density at radius 1 is 0.833 bits per heavy atom. The highest BCUT2D eigenvalue weighted by Gasteiger charge is 2.45. The first-order valence-corrected chi connectivity index (χ1v) is 13.5. The lowest BCUT2D eigenvalue weighted by Crippen LogP contribution is -2.56. The Balaban J connectivity index is 1.88. The van der Waals surface area contributed by atoms with Crippen LogP contribution in [0.3, 0.4) is 0 Å². The number of nitrogens with one attached hydrogen (secondary N) is 2. The molecule has 0 saturated carbocycles. The van der Waals surface area contributed by atoms with Gasteiger partial charge < -0.3 is 20.1 Å². The molecule has 224 valence electrons. The van der Waals surface area contributed by atoms with Crippen molar-refractivity contribution in [3.8, 4) is 11.5 Å². The van der Waals surface area contributed by atoms with Gasteiger partial charge in [-0.2, -0.15) is 13.2 Å². The summed E-state index contributed by atoms with van der Waals surface area (Å²) in [6.07, 6.45) is -5.17. The Kier molecular flexibility index (Phi) is 11.4. The van der Waals surface area contributed by atoms with Crippen LogP contribution in [0.5, 0.6) is 11.5 Å². The van der Waals surface area contributed by atoms with Crippen LogP contribution in [0.1, 0.15) is 30.9 Å². The van der Waals surface area contributed by atoms with Gasteiger partial charge in [-0.15, -0.1) is 0 Å². The van der Waals surface area contributed by atoms with Gasteiger partial charge in [0.2, 0.25) is 11.8 Å². The summed E-state index contributed by atoms with van der Waals surface area (Å²) in [6.45, 7) is 2.67. The fourth-order valence-electron chi connectivity index (χ4n) is 4.17. The van der Waals surface area contributed by atoms with Crippen molar-refractivity contribution in [3.63, 3.8) is 0 Å². The van der Waals surface area contributed by atoms with Crippen LogP contribution >= 0.6 is 11.6 Å². The quantitative estimate of drug-likeness (QED) is 0.268. The van der Waals surface area contributed by atoms with Crippen molar-refractivity contribution in [1.82, 2.24) is 10.6 Å². The second-order valence-corrected chi connectivity index (χ2v) is 10.4. The standard InChI is InChI=1S/C31H32ClF3N2O5/c1-19(2)27(28(38)31(33,34)35)37-30(40)26(17-20-7-5-4-6-8-20)36-29(39)25(21-9-11-22(32)12-10-21)18-42-24-15-13-23(41-3)14-16-24/h4-16,19,25-27H,17-18H2,1-3H3,(H,36,39)(H,37,40)/t25-,26+,27+/m1/s1. The number of carbonyl (C=O) groups excluding carboxylic acids is 3. The SMILES string of the molecule is COc1ccc(OC[C@@H](C(=O)N[C@@H](Cc2ccccc2)C(=O)N[C@H](C(=O)C(F)(F)F)C(C)C)c2ccc(Cl)cc2)cc1. The third-order valence-corrected chi connectivity index (χ3v) is 6.76. The second-order valence-electron chi connectivity index (χ2n) is 9.93. The maximum atomic E-state index is 13.7. The Morgan fingerprint density at radius 3 is 1.98 bits per heavy atom. The van der Waals surface area contributed by atoms with E-state index in [2.05, 4.69) is 10.6 Å². The minimum atomic E-state index is -5.14. The fraction of sp³-hybridized carbons (Fsp3) is 0.323.